The van der Waals surface area contributed by atoms with Crippen molar-refractivity contribution < 1.29 is 8.42 Å². The van der Waals surface area contributed by atoms with Gasteiger partial charge in [-0.3, -0.25) is 4.98 Å². The molecule has 0 bridgehead atoms. The topological polar surface area (TPSA) is 102 Å². The van der Waals surface area contributed by atoms with Gasteiger partial charge < -0.3 is 10.3 Å². The summed E-state index contributed by atoms with van der Waals surface area (Å²) >= 11 is 0. The first-order valence-corrected chi connectivity index (χ1v) is 13.3. The maximum absolute atomic E-state index is 12.8. The lowest BCUT2D eigenvalue weighted by molar-refractivity contribution is 0.445. The summed E-state index contributed by atoms with van der Waals surface area (Å²) < 4.78 is 27.0. The van der Waals surface area contributed by atoms with E-state index in [1.807, 2.05) is 64.2 Å². The number of fused-ring (bicyclic) bond motifs is 1. The minimum absolute atomic E-state index is 0.269. The number of nitrogens with zero attached hydrogens (tertiary/aromatic N) is 3. The minimum Gasteiger partial charge on any atom is -0.361 e. The second kappa shape index (κ2) is 10.4. The Morgan fingerprint density at radius 1 is 1.06 bits per heavy atom. The molecule has 0 amide bonds. The quantitative estimate of drug-likeness (QED) is 0.310. The van der Waals surface area contributed by atoms with E-state index in [9.17, 15) is 13.7 Å². The number of nitriles is 1. The Hall–Kier alpha value is -3.93. The first-order chi connectivity index (χ1) is 17.3. The highest BCUT2D eigenvalue weighted by Crippen LogP contribution is 2.32. The van der Waals surface area contributed by atoms with Gasteiger partial charge in [-0.15, -0.1) is 0 Å². The molecule has 0 aliphatic rings. The maximum atomic E-state index is 12.8. The lowest BCUT2D eigenvalue weighted by Gasteiger charge is -2.18. The summed E-state index contributed by atoms with van der Waals surface area (Å²) in [4.78, 5) is 7.90. The van der Waals surface area contributed by atoms with E-state index in [1.54, 1.807) is 30.5 Å². The number of rotatable bonds is 8. The molecule has 8 heteroatoms. The summed E-state index contributed by atoms with van der Waals surface area (Å²) in [6.45, 7) is 8.44. The van der Waals surface area contributed by atoms with Crippen LogP contribution in [-0.2, 0) is 10.0 Å². The fourth-order valence-corrected chi connectivity index (χ4v) is 5.70. The number of benzene rings is 2. The van der Waals surface area contributed by atoms with Gasteiger partial charge in [-0.25, -0.2) is 8.42 Å². The zero-order valence-corrected chi connectivity index (χ0v) is 21.6. The zero-order chi connectivity index (χ0) is 25.9. The van der Waals surface area contributed by atoms with Crippen LogP contribution in [0.4, 0.5) is 11.4 Å². The van der Waals surface area contributed by atoms with Gasteiger partial charge in [0.15, 0.2) is 0 Å². The van der Waals surface area contributed by atoms with Crippen LogP contribution in [0.1, 0.15) is 41.8 Å². The van der Waals surface area contributed by atoms with Crippen LogP contribution in [-0.4, -0.2) is 35.8 Å². The van der Waals surface area contributed by atoms with Crippen LogP contribution in [0.15, 0.2) is 59.8 Å². The highest BCUT2D eigenvalue weighted by molar-refractivity contribution is 7.89. The molecule has 0 saturated heterocycles. The monoisotopic (exact) mass is 499 g/mol. The molecule has 2 aromatic carbocycles. The van der Waals surface area contributed by atoms with Crippen molar-refractivity contribution >= 4 is 44.5 Å². The van der Waals surface area contributed by atoms with Crippen LogP contribution in [0.25, 0.3) is 23.1 Å². The number of H-pyrrole nitrogens is 1. The highest BCUT2D eigenvalue weighted by atomic mass is 32.2. The van der Waals surface area contributed by atoms with Crippen LogP contribution in [0, 0.1) is 25.2 Å². The summed E-state index contributed by atoms with van der Waals surface area (Å²) in [6, 6.07) is 15.1. The molecule has 0 aliphatic carbocycles. The van der Waals surface area contributed by atoms with Gasteiger partial charge in [0.25, 0.3) is 0 Å². The molecule has 4 rings (SSSR count). The maximum Gasteiger partial charge on any atom is 0.243 e. The summed E-state index contributed by atoms with van der Waals surface area (Å²) in [7, 11) is -3.51. The van der Waals surface area contributed by atoms with Gasteiger partial charge >= 0.3 is 0 Å². The second-order valence-electron chi connectivity index (χ2n) is 8.45. The number of pyridine rings is 1. The smallest absolute Gasteiger partial charge is 0.243 e. The number of anilines is 2. The summed E-state index contributed by atoms with van der Waals surface area (Å²) in [6.07, 6.45) is 7.29. The van der Waals surface area contributed by atoms with E-state index in [1.165, 1.54) is 4.31 Å². The Balaban J connectivity index is 1.69. The third kappa shape index (κ3) is 4.76. The molecule has 2 N–H and O–H groups in total. The van der Waals surface area contributed by atoms with Gasteiger partial charge in [-0.05, 0) is 55.3 Å². The van der Waals surface area contributed by atoms with Gasteiger partial charge in [0.2, 0.25) is 10.0 Å². The Labute approximate surface area is 212 Å². The predicted molar refractivity (Wildman–Crippen MR) is 145 cm³/mol. The number of hydrogen-bond donors (Lipinski definition) is 2. The van der Waals surface area contributed by atoms with E-state index in [4.69, 9.17) is 0 Å². The van der Waals surface area contributed by atoms with Crippen molar-refractivity contribution in [1.29, 1.82) is 5.26 Å². The third-order valence-corrected chi connectivity index (χ3v) is 8.43. The van der Waals surface area contributed by atoms with E-state index in [0.29, 0.717) is 24.3 Å². The number of aromatic amines is 1. The molecule has 0 aliphatic heterocycles. The molecule has 2 heterocycles. The molecule has 4 aromatic rings. The third-order valence-electron chi connectivity index (χ3n) is 6.37. The summed E-state index contributed by atoms with van der Waals surface area (Å²) in [5.41, 5.74) is 6.56. The fourth-order valence-electron chi connectivity index (χ4n) is 4.24. The number of sulfonamides is 1. The van der Waals surface area contributed by atoms with Crippen molar-refractivity contribution in [1.82, 2.24) is 14.3 Å². The van der Waals surface area contributed by atoms with Gasteiger partial charge in [-0.2, -0.15) is 9.57 Å². The highest BCUT2D eigenvalue weighted by Gasteiger charge is 2.21. The van der Waals surface area contributed by atoms with E-state index in [2.05, 4.69) is 21.4 Å². The lowest BCUT2D eigenvalue weighted by atomic mass is 10.0. The van der Waals surface area contributed by atoms with Crippen LogP contribution in [0.3, 0.4) is 0 Å². The largest absolute Gasteiger partial charge is 0.361 e. The van der Waals surface area contributed by atoms with Crippen molar-refractivity contribution in [3.63, 3.8) is 0 Å². The standard InChI is InChI=1S/C28H29N5O2S/c1-5-33(6-2)36(34,35)23-10-7-21(8-11-23)9-12-25-20(4)31-18-22(17-29)28(25)32-26-13-14-27-24(19(26)3)15-16-30-27/h7-16,18,30H,5-6H2,1-4H3,(H,31,32)/b12-9+. The van der Waals surface area contributed by atoms with Crippen molar-refractivity contribution in [3.8, 4) is 6.07 Å². The average molecular weight is 500 g/mol. The van der Waals surface area contributed by atoms with Crippen molar-refractivity contribution in [2.45, 2.75) is 32.6 Å². The molecule has 0 unspecified atom stereocenters. The number of hydrogen-bond acceptors (Lipinski definition) is 5. The zero-order valence-electron chi connectivity index (χ0n) is 20.8. The fraction of sp³-hybridized carbons (Fsp3) is 0.214. The summed E-state index contributed by atoms with van der Waals surface area (Å²) in [5.74, 6) is 0. The molecular formula is C28H29N5O2S. The van der Waals surface area contributed by atoms with Crippen LogP contribution in [0.2, 0.25) is 0 Å². The number of aryl methyl sites for hydroxylation is 2. The molecular weight excluding hydrogens is 470 g/mol. The molecule has 36 heavy (non-hydrogen) atoms. The molecule has 0 spiro atoms. The van der Waals surface area contributed by atoms with E-state index < -0.39 is 10.0 Å². The summed E-state index contributed by atoms with van der Waals surface area (Å²) in [5, 5.41) is 14.4. The van der Waals surface area contributed by atoms with Crippen LogP contribution < -0.4 is 5.32 Å². The number of nitrogens with one attached hydrogen (secondary N) is 2. The van der Waals surface area contributed by atoms with Crippen molar-refractivity contribution in [2.75, 3.05) is 18.4 Å². The first kappa shape index (κ1) is 25.2. The van der Waals surface area contributed by atoms with Gasteiger partial charge in [-0.1, -0.05) is 38.1 Å². The molecule has 2 aromatic heterocycles. The Bertz CT molecular complexity index is 1570. The van der Waals surface area contributed by atoms with Gasteiger partial charge in [0.1, 0.15) is 6.07 Å². The molecule has 184 valence electrons. The normalized spacial score (nSPS) is 11.9. The van der Waals surface area contributed by atoms with Crippen molar-refractivity contribution in [2.24, 2.45) is 0 Å². The van der Waals surface area contributed by atoms with Crippen LogP contribution >= 0.6 is 0 Å². The predicted octanol–water partition coefficient (Wildman–Crippen LogP) is 6.00. The number of aromatic nitrogens is 2. The Morgan fingerprint density at radius 3 is 2.44 bits per heavy atom. The second-order valence-corrected chi connectivity index (χ2v) is 10.4. The lowest BCUT2D eigenvalue weighted by Crippen LogP contribution is -2.30. The molecule has 0 atom stereocenters. The molecule has 0 fully saturated rings. The Morgan fingerprint density at radius 2 is 1.78 bits per heavy atom. The minimum atomic E-state index is -3.51. The molecule has 7 nitrogen and oxygen atoms in total. The van der Waals surface area contributed by atoms with E-state index in [-0.39, 0.29) is 4.90 Å². The molecule has 0 radical (unpaired) electrons. The average Bonchev–Trinajstić information content (AvgIpc) is 3.36. The first-order valence-electron chi connectivity index (χ1n) is 11.8. The van der Waals surface area contributed by atoms with Gasteiger partial charge in [0, 0.05) is 53.3 Å². The van der Waals surface area contributed by atoms with Crippen LogP contribution in [0.5, 0.6) is 0 Å². The van der Waals surface area contributed by atoms with Crippen molar-refractivity contribution in [3.05, 3.63) is 82.8 Å². The SMILES string of the molecule is CCN(CC)S(=O)(=O)c1ccc(/C=C/c2c(C)ncc(C#N)c2Nc2ccc3[nH]ccc3c2C)cc1. The van der Waals surface area contributed by atoms with E-state index >= 15 is 0 Å². The molecule has 0 saturated carbocycles. The Kier molecular flexibility index (Phi) is 7.25. The van der Waals surface area contributed by atoms with Gasteiger partial charge in [0.05, 0.1) is 16.1 Å². The van der Waals surface area contributed by atoms with E-state index in [0.717, 1.165) is 39.0 Å².